The Balaban J connectivity index is 1.89. The zero-order valence-corrected chi connectivity index (χ0v) is 14.7. The summed E-state index contributed by atoms with van der Waals surface area (Å²) in [5.41, 5.74) is 2.38. The van der Waals surface area contributed by atoms with Gasteiger partial charge in [0.05, 0.1) is 12.8 Å². The van der Waals surface area contributed by atoms with Gasteiger partial charge in [0.15, 0.2) is 5.57 Å². The summed E-state index contributed by atoms with van der Waals surface area (Å²) in [6, 6.07) is 15.4. The number of esters is 2. The van der Waals surface area contributed by atoms with Crippen LogP contribution in [0.5, 0.6) is 5.75 Å². The number of hydrogen-bond acceptors (Lipinski definition) is 6. The van der Waals surface area contributed by atoms with E-state index < -0.39 is 17.7 Å². The summed E-state index contributed by atoms with van der Waals surface area (Å²) >= 11 is 0. The van der Waals surface area contributed by atoms with Crippen LogP contribution in [0.2, 0.25) is 0 Å². The SMILES string of the molecule is COc1ccc(-c2ccccc2)cc1NC=C1C(=O)OC(C)(C)OC1=O. The van der Waals surface area contributed by atoms with Crippen LogP contribution in [0, 0.1) is 0 Å². The Kier molecular flexibility index (Phi) is 4.67. The van der Waals surface area contributed by atoms with Crippen molar-refractivity contribution in [3.05, 3.63) is 60.3 Å². The maximum atomic E-state index is 12.0. The van der Waals surface area contributed by atoms with Gasteiger partial charge in [0, 0.05) is 20.0 Å². The molecule has 1 fully saturated rings. The van der Waals surface area contributed by atoms with Gasteiger partial charge < -0.3 is 19.5 Å². The summed E-state index contributed by atoms with van der Waals surface area (Å²) in [7, 11) is 1.54. The molecular weight excluding hydrogens is 334 g/mol. The molecule has 0 atom stereocenters. The van der Waals surface area contributed by atoms with Crippen LogP contribution in [0.4, 0.5) is 5.69 Å². The molecule has 6 heteroatoms. The second-order valence-corrected chi connectivity index (χ2v) is 6.16. The number of ether oxygens (including phenoxy) is 3. The lowest BCUT2D eigenvalue weighted by Gasteiger charge is -2.29. The van der Waals surface area contributed by atoms with E-state index in [1.54, 1.807) is 7.11 Å². The zero-order valence-electron chi connectivity index (χ0n) is 14.7. The fraction of sp³-hybridized carbons (Fsp3) is 0.200. The van der Waals surface area contributed by atoms with Crippen molar-refractivity contribution in [2.24, 2.45) is 0 Å². The van der Waals surface area contributed by atoms with E-state index in [1.807, 2.05) is 48.5 Å². The molecule has 1 aliphatic heterocycles. The van der Waals surface area contributed by atoms with Crippen molar-refractivity contribution in [3.8, 4) is 16.9 Å². The smallest absolute Gasteiger partial charge is 0.350 e. The van der Waals surface area contributed by atoms with Crippen molar-refractivity contribution in [1.82, 2.24) is 0 Å². The molecule has 1 saturated heterocycles. The van der Waals surface area contributed by atoms with Gasteiger partial charge >= 0.3 is 11.9 Å². The minimum atomic E-state index is -1.27. The van der Waals surface area contributed by atoms with Gasteiger partial charge in [-0.05, 0) is 23.3 Å². The highest BCUT2D eigenvalue weighted by Gasteiger charge is 2.38. The summed E-state index contributed by atoms with van der Waals surface area (Å²) in [6.45, 7) is 3.00. The Bertz CT molecular complexity index is 849. The third kappa shape index (κ3) is 3.69. The standard InChI is InChI=1S/C20H19NO5/c1-20(2)25-18(22)15(19(23)26-20)12-21-16-11-14(9-10-17(16)24-3)13-7-5-4-6-8-13/h4-12,21H,1-3H3. The van der Waals surface area contributed by atoms with Gasteiger partial charge in [-0.1, -0.05) is 36.4 Å². The average Bonchev–Trinajstić information content (AvgIpc) is 2.60. The summed E-state index contributed by atoms with van der Waals surface area (Å²) < 4.78 is 15.5. The Labute approximate surface area is 151 Å². The van der Waals surface area contributed by atoms with E-state index in [9.17, 15) is 9.59 Å². The lowest BCUT2D eigenvalue weighted by atomic mass is 10.0. The maximum Gasteiger partial charge on any atom is 0.350 e. The number of hydrogen-bond donors (Lipinski definition) is 1. The minimum absolute atomic E-state index is 0.212. The van der Waals surface area contributed by atoms with Gasteiger partial charge in [-0.25, -0.2) is 9.59 Å². The van der Waals surface area contributed by atoms with E-state index in [1.165, 1.54) is 20.0 Å². The number of methoxy groups -OCH3 is 1. The summed E-state index contributed by atoms with van der Waals surface area (Å²) in [5.74, 6) is -2.18. The number of nitrogens with one attached hydrogen (secondary N) is 1. The zero-order chi connectivity index (χ0) is 18.7. The number of carbonyl (C=O) groups is 2. The molecule has 0 aliphatic carbocycles. The van der Waals surface area contributed by atoms with Crippen LogP contribution in [0.25, 0.3) is 11.1 Å². The molecule has 3 rings (SSSR count). The van der Waals surface area contributed by atoms with E-state index in [0.29, 0.717) is 11.4 Å². The summed E-state index contributed by atoms with van der Waals surface area (Å²) in [4.78, 5) is 24.0. The summed E-state index contributed by atoms with van der Waals surface area (Å²) in [6.07, 6.45) is 1.27. The van der Waals surface area contributed by atoms with Crippen LogP contribution in [0.1, 0.15) is 13.8 Å². The van der Waals surface area contributed by atoms with E-state index >= 15 is 0 Å². The normalized spacial score (nSPS) is 15.7. The molecule has 0 amide bonds. The van der Waals surface area contributed by atoms with Crippen LogP contribution in [-0.2, 0) is 19.1 Å². The van der Waals surface area contributed by atoms with Gasteiger partial charge in [-0.3, -0.25) is 0 Å². The van der Waals surface area contributed by atoms with Crippen LogP contribution in [0.15, 0.2) is 60.3 Å². The molecule has 26 heavy (non-hydrogen) atoms. The van der Waals surface area contributed by atoms with Gasteiger partial charge in [0.25, 0.3) is 5.79 Å². The van der Waals surface area contributed by atoms with Gasteiger partial charge in [-0.15, -0.1) is 0 Å². The van der Waals surface area contributed by atoms with Crippen molar-refractivity contribution in [1.29, 1.82) is 0 Å². The second kappa shape index (κ2) is 6.92. The molecule has 0 saturated carbocycles. The Hall–Kier alpha value is -3.28. The van der Waals surface area contributed by atoms with Crippen molar-refractivity contribution >= 4 is 17.6 Å². The number of rotatable bonds is 4. The first-order valence-corrected chi connectivity index (χ1v) is 8.06. The Morgan fingerprint density at radius 2 is 1.62 bits per heavy atom. The molecule has 2 aromatic carbocycles. The lowest BCUT2D eigenvalue weighted by molar-refractivity contribution is -0.222. The topological polar surface area (TPSA) is 73.9 Å². The Morgan fingerprint density at radius 3 is 2.23 bits per heavy atom. The second-order valence-electron chi connectivity index (χ2n) is 6.16. The molecule has 0 aromatic heterocycles. The number of anilines is 1. The van der Waals surface area contributed by atoms with Crippen LogP contribution in [-0.4, -0.2) is 24.8 Å². The monoisotopic (exact) mass is 353 g/mol. The molecule has 0 unspecified atom stereocenters. The maximum absolute atomic E-state index is 12.0. The minimum Gasteiger partial charge on any atom is -0.495 e. The first-order valence-electron chi connectivity index (χ1n) is 8.06. The highest BCUT2D eigenvalue weighted by Crippen LogP contribution is 2.31. The molecule has 1 N–H and O–H groups in total. The summed E-state index contributed by atoms with van der Waals surface area (Å²) in [5, 5.41) is 2.94. The molecule has 0 bridgehead atoms. The first kappa shape index (κ1) is 17.5. The van der Waals surface area contributed by atoms with Gasteiger partial charge in [0.1, 0.15) is 5.75 Å². The van der Waals surface area contributed by atoms with E-state index in [2.05, 4.69) is 5.32 Å². The van der Waals surface area contributed by atoms with E-state index in [4.69, 9.17) is 14.2 Å². The molecule has 2 aromatic rings. The predicted molar refractivity (Wildman–Crippen MR) is 96.4 cm³/mol. The number of carbonyl (C=O) groups excluding carboxylic acids is 2. The third-order valence-electron chi connectivity index (χ3n) is 3.80. The molecule has 1 aliphatic rings. The number of cyclic esters (lactones) is 2. The van der Waals surface area contributed by atoms with Crippen molar-refractivity contribution < 1.29 is 23.8 Å². The average molecular weight is 353 g/mol. The molecule has 0 spiro atoms. The van der Waals surface area contributed by atoms with Crippen molar-refractivity contribution in [2.75, 3.05) is 12.4 Å². The van der Waals surface area contributed by atoms with Crippen molar-refractivity contribution in [3.63, 3.8) is 0 Å². The van der Waals surface area contributed by atoms with E-state index in [0.717, 1.165) is 11.1 Å². The highest BCUT2D eigenvalue weighted by atomic mass is 16.7. The molecule has 0 radical (unpaired) electrons. The third-order valence-corrected chi connectivity index (χ3v) is 3.80. The first-order chi connectivity index (χ1) is 12.4. The predicted octanol–water partition coefficient (Wildman–Crippen LogP) is 3.49. The van der Waals surface area contributed by atoms with Crippen molar-refractivity contribution in [2.45, 2.75) is 19.6 Å². The fourth-order valence-corrected chi connectivity index (χ4v) is 2.56. The largest absolute Gasteiger partial charge is 0.495 e. The molecule has 134 valence electrons. The van der Waals surface area contributed by atoms with E-state index in [-0.39, 0.29) is 5.57 Å². The van der Waals surface area contributed by atoms with Crippen LogP contribution in [0.3, 0.4) is 0 Å². The van der Waals surface area contributed by atoms with Gasteiger partial charge in [-0.2, -0.15) is 0 Å². The van der Waals surface area contributed by atoms with Crippen LogP contribution < -0.4 is 10.1 Å². The molecule has 1 heterocycles. The lowest BCUT2D eigenvalue weighted by Crippen LogP contribution is -2.42. The highest BCUT2D eigenvalue weighted by molar-refractivity contribution is 6.15. The quantitative estimate of drug-likeness (QED) is 0.515. The molecular formula is C20H19NO5. The molecule has 6 nitrogen and oxygen atoms in total. The van der Waals surface area contributed by atoms with Gasteiger partial charge in [0.2, 0.25) is 0 Å². The fourth-order valence-electron chi connectivity index (χ4n) is 2.56. The number of benzene rings is 2. The Morgan fingerprint density at radius 1 is 0.962 bits per heavy atom. The van der Waals surface area contributed by atoms with Crippen LogP contribution >= 0.6 is 0 Å².